The van der Waals surface area contributed by atoms with Gasteiger partial charge in [-0.25, -0.2) is 0 Å². The van der Waals surface area contributed by atoms with Gasteiger partial charge in [0.15, 0.2) is 0 Å². The number of carbonyl (C=O) groups excluding carboxylic acids is 1. The number of likely N-dealkylation sites (tertiary alicyclic amines) is 1. The molecule has 0 aromatic heterocycles. The highest BCUT2D eigenvalue weighted by Gasteiger charge is 2.22. The molecule has 2 aromatic carbocycles. The number of hydrogen-bond donors (Lipinski definition) is 1. The maximum atomic E-state index is 12.2. The number of amides is 1. The molecule has 1 fully saturated rings. The van der Waals surface area contributed by atoms with Crippen molar-refractivity contribution in [1.29, 1.82) is 0 Å². The number of benzene rings is 2. The SMILES string of the molecule is Cc1cc2c(c(-c3ccc(CN4CCCC4C)cc3)c1)CCNC2=O. The van der Waals surface area contributed by atoms with E-state index >= 15 is 0 Å². The van der Waals surface area contributed by atoms with Gasteiger partial charge in [-0.05, 0) is 73.5 Å². The molecular weight excluding hydrogens is 308 g/mol. The molecular formula is C22H26N2O. The Balaban J connectivity index is 1.63. The van der Waals surface area contributed by atoms with E-state index in [2.05, 4.69) is 54.4 Å². The maximum Gasteiger partial charge on any atom is 0.251 e. The zero-order chi connectivity index (χ0) is 17.4. The van der Waals surface area contributed by atoms with Gasteiger partial charge in [-0.2, -0.15) is 0 Å². The normalized spacial score (nSPS) is 20.4. The van der Waals surface area contributed by atoms with Crippen molar-refractivity contribution in [3.8, 4) is 11.1 Å². The van der Waals surface area contributed by atoms with E-state index in [1.54, 1.807) is 0 Å². The predicted octanol–water partition coefficient (Wildman–Crippen LogP) is 3.93. The average Bonchev–Trinajstić information content (AvgIpc) is 3.01. The first-order valence-electron chi connectivity index (χ1n) is 9.37. The molecule has 1 atom stereocenters. The van der Waals surface area contributed by atoms with Crippen molar-refractivity contribution >= 4 is 5.91 Å². The molecule has 2 aliphatic heterocycles. The second kappa shape index (κ2) is 6.64. The lowest BCUT2D eigenvalue weighted by Gasteiger charge is -2.22. The standard InChI is InChI=1S/C22H26N2O/c1-15-12-20(19-9-10-23-22(25)21(19)13-15)18-7-5-17(6-8-18)14-24-11-3-4-16(24)2/h5-8,12-13,16H,3-4,9-11,14H2,1-2H3,(H,23,25). The van der Waals surface area contributed by atoms with Crippen LogP contribution in [0.3, 0.4) is 0 Å². The van der Waals surface area contributed by atoms with Crippen LogP contribution in [-0.2, 0) is 13.0 Å². The molecule has 0 aliphatic carbocycles. The fourth-order valence-electron chi connectivity index (χ4n) is 4.19. The summed E-state index contributed by atoms with van der Waals surface area (Å²) in [5.74, 6) is 0.0610. The van der Waals surface area contributed by atoms with E-state index in [1.165, 1.54) is 41.6 Å². The molecule has 1 N–H and O–H groups in total. The summed E-state index contributed by atoms with van der Waals surface area (Å²) >= 11 is 0. The summed E-state index contributed by atoms with van der Waals surface area (Å²) in [5, 5.41) is 2.95. The molecule has 25 heavy (non-hydrogen) atoms. The Morgan fingerprint density at radius 2 is 1.92 bits per heavy atom. The van der Waals surface area contributed by atoms with Gasteiger partial charge in [0.25, 0.3) is 5.91 Å². The van der Waals surface area contributed by atoms with Crippen molar-refractivity contribution in [2.24, 2.45) is 0 Å². The molecule has 4 rings (SSSR count). The molecule has 2 aromatic rings. The molecule has 2 heterocycles. The minimum atomic E-state index is 0.0610. The van der Waals surface area contributed by atoms with Crippen LogP contribution in [0.15, 0.2) is 36.4 Å². The molecule has 2 aliphatic rings. The number of nitrogens with one attached hydrogen (secondary N) is 1. The smallest absolute Gasteiger partial charge is 0.251 e. The Bertz CT molecular complexity index is 794. The molecule has 3 heteroatoms. The summed E-state index contributed by atoms with van der Waals surface area (Å²) in [7, 11) is 0. The summed E-state index contributed by atoms with van der Waals surface area (Å²) in [6.07, 6.45) is 3.54. The molecule has 1 unspecified atom stereocenters. The molecule has 0 spiro atoms. The Morgan fingerprint density at radius 3 is 2.64 bits per heavy atom. The Hall–Kier alpha value is -2.13. The van der Waals surface area contributed by atoms with E-state index in [1.807, 2.05) is 6.07 Å². The summed E-state index contributed by atoms with van der Waals surface area (Å²) in [5.41, 5.74) is 6.97. The quantitative estimate of drug-likeness (QED) is 0.922. The van der Waals surface area contributed by atoms with Gasteiger partial charge in [0.05, 0.1) is 0 Å². The van der Waals surface area contributed by atoms with Crippen LogP contribution in [0.25, 0.3) is 11.1 Å². The number of hydrogen-bond acceptors (Lipinski definition) is 2. The van der Waals surface area contributed by atoms with Gasteiger partial charge in [0, 0.05) is 24.7 Å². The maximum absolute atomic E-state index is 12.2. The molecule has 0 radical (unpaired) electrons. The third-order valence-electron chi connectivity index (χ3n) is 5.64. The molecule has 1 amide bonds. The molecule has 1 saturated heterocycles. The Morgan fingerprint density at radius 1 is 1.16 bits per heavy atom. The van der Waals surface area contributed by atoms with Gasteiger partial charge in [0.1, 0.15) is 0 Å². The number of nitrogens with zero attached hydrogens (tertiary/aromatic N) is 1. The lowest BCUT2D eigenvalue weighted by atomic mass is 9.89. The van der Waals surface area contributed by atoms with Crippen molar-refractivity contribution in [3.05, 3.63) is 58.7 Å². The molecule has 3 nitrogen and oxygen atoms in total. The first kappa shape index (κ1) is 16.3. The lowest BCUT2D eigenvalue weighted by Crippen LogP contribution is -2.32. The van der Waals surface area contributed by atoms with Gasteiger partial charge in [-0.3, -0.25) is 9.69 Å². The first-order chi connectivity index (χ1) is 12.1. The van der Waals surface area contributed by atoms with Crippen molar-refractivity contribution < 1.29 is 4.79 Å². The predicted molar refractivity (Wildman–Crippen MR) is 102 cm³/mol. The zero-order valence-corrected chi connectivity index (χ0v) is 15.1. The number of carbonyl (C=O) groups is 1. The van der Waals surface area contributed by atoms with Gasteiger partial charge in [0.2, 0.25) is 0 Å². The molecule has 0 bridgehead atoms. The number of aryl methyl sites for hydroxylation is 1. The van der Waals surface area contributed by atoms with Crippen LogP contribution in [-0.4, -0.2) is 29.9 Å². The van der Waals surface area contributed by atoms with E-state index in [-0.39, 0.29) is 5.91 Å². The van der Waals surface area contributed by atoms with Crippen LogP contribution in [0.4, 0.5) is 0 Å². The third-order valence-corrected chi connectivity index (χ3v) is 5.64. The van der Waals surface area contributed by atoms with Crippen LogP contribution >= 0.6 is 0 Å². The highest BCUT2D eigenvalue weighted by atomic mass is 16.1. The fraction of sp³-hybridized carbons (Fsp3) is 0.409. The third kappa shape index (κ3) is 3.21. The van der Waals surface area contributed by atoms with Crippen molar-refractivity contribution in [2.45, 2.75) is 45.7 Å². The summed E-state index contributed by atoms with van der Waals surface area (Å²) in [6.45, 7) is 7.37. The molecule has 130 valence electrons. The van der Waals surface area contributed by atoms with E-state index in [0.29, 0.717) is 6.04 Å². The Labute approximate surface area is 150 Å². The van der Waals surface area contributed by atoms with Gasteiger partial charge in [-0.15, -0.1) is 0 Å². The van der Waals surface area contributed by atoms with E-state index in [9.17, 15) is 4.79 Å². The minimum Gasteiger partial charge on any atom is -0.352 e. The van der Waals surface area contributed by atoms with E-state index < -0.39 is 0 Å². The van der Waals surface area contributed by atoms with Gasteiger partial charge < -0.3 is 5.32 Å². The summed E-state index contributed by atoms with van der Waals surface area (Å²) < 4.78 is 0. The minimum absolute atomic E-state index is 0.0610. The van der Waals surface area contributed by atoms with E-state index in [4.69, 9.17) is 0 Å². The van der Waals surface area contributed by atoms with Gasteiger partial charge in [-0.1, -0.05) is 30.3 Å². The monoisotopic (exact) mass is 334 g/mol. The second-order valence-corrected chi connectivity index (χ2v) is 7.50. The van der Waals surface area contributed by atoms with Crippen molar-refractivity contribution in [2.75, 3.05) is 13.1 Å². The zero-order valence-electron chi connectivity index (χ0n) is 15.1. The van der Waals surface area contributed by atoms with Crippen LogP contribution in [0.2, 0.25) is 0 Å². The first-order valence-corrected chi connectivity index (χ1v) is 9.37. The van der Waals surface area contributed by atoms with Crippen LogP contribution in [0.5, 0.6) is 0 Å². The topological polar surface area (TPSA) is 32.3 Å². The van der Waals surface area contributed by atoms with Crippen LogP contribution in [0.1, 0.15) is 46.8 Å². The number of rotatable bonds is 3. The second-order valence-electron chi connectivity index (χ2n) is 7.50. The van der Waals surface area contributed by atoms with E-state index in [0.717, 1.165) is 30.6 Å². The summed E-state index contributed by atoms with van der Waals surface area (Å²) in [4.78, 5) is 14.7. The summed E-state index contributed by atoms with van der Waals surface area (Å²) in [6, 6.07) is 13.9. The Kier molecular flexibility index (Phi) is 4.34. The largest absolute Gasteiger partial charge is 0.352 e. The highest BCUT2D eigenvalue weighted by Crippen LogP contribution is 2.30. The van der Waals surface area contributed by atoms with Crippen LogP contribution in [0, 0.1) is 6.92 Å². The fourth-order valence-corrected chi connectivity index (χ4v) is 4.19. The number of fused-ring (bicyclic) bond motifs is 1. The lowest BCUT2D eigenvalue weighted by molar-refractivity contribution is 0.0946. The molecule has 0 saturated carbocycles. The van der Waals surface area contributed by atoms with Crippen LogP contribution < -0.4 is 5.32 Å². The highest BCUT2D eigenvalue weighted by molar-refractivity contribution is 5.99. The van der Waals surface area contributed by atoms with Gasteiger partial charge >= 0.3 is 0 Å². The average molecular weight is 334 g/mol. The van der Waals surface area contributed by atoms with Crippen molar-refractivity contribution in [1.82, 2.24) is 10.2 Å². The van der Waals surface area contributed by atoms with Crippen molar-refractivity contribution in [3.63, 3.8) is 0 Å².